The highest BCUT2D eigenvalue weighted by molar-refractivity contribution is 5.80. The second kappa shape index (κ2) is 12.3. The third kappa shape index (κ3) is 8.42. The molecule has 0 aliphatic carbocycles. The van der Waals surface area contributed by atoms with E-state index in [2.05, 4.69) is 4.98 Å². The van der Waals surface area contributed by atoms with Crippen molar-refractivity contribution in [3.63, 3.8) is 0 Å². The molecule has 0 aliphatic rings. The first-order valence-corrected chi connectivity index (χ1v) is 10.5. The molecule has 0 amide bonds. The van der Waals surface area contributed by atoms with E-state index < -0.39 is 5.97 Å². The Hall–Kier alpha value is -2.10. The van der Waals surface area contributed by atoms with Gasteiger partial charge in [-0.25, -0.2) is 4.98 Å². The minimum atomic E-state index is -0.679. The third-order valence-corrected chi connectivity index (χ3v) is 5.08. The Bertz CT molecular complexity index is 699. The van der Waals surface area contributed by atoms with Crippen molar-refractivity contribution in [2.75, 3.05) is 0 Å². The summed E-state index contributed by atoms with van der Waals surface area (Å²) in [5, 5.41) is 19.7. The van der Waals surface area contributed by atoms with Crippen molar-refractivity contribution in [3.05, 3.63) is 36.0 Å². The molecule has 0 radical (unpaired) electrons. The number of carboxylic acid groups (broad SMARTS) is 1. The average molecular weight is 372 g/mol. The van der Waals surface area contributed by atoms with Crippen molar-refractivity contribution in [1.82, 2.24) is 4.98 Å². The molecule has 0 fully saturated rings. The molecule has 0 unspecified atom stereocenters. The highest BCUT2D eigenvalue weighted by atomic mass is 16.4. The number of nitrogens with zero attached hydrogens (tertiary/aromatic N) is 1. The fourth-order valence-corrected chi connectivity index (χ4v) is 3.49. The van der Waals surface area contributed by atoms with E-state index in [9.17, 15) is 9.90 Å². The monoisotopic (exact) mass is 371 g/mol. The average Bonchev–Trinajstić information content (AvgIpc) is 2.65. The van der Waals surface area contributed by atoms with Crippen molar-refractivity contribution < 1.29 is 15.0 Å². The molecular formula is C23H33NO3. The number of carboxylic acids is 1. The van der Waals surface area contributed by atoms with Crippen LogP contribution >= 0.6 is 0 Å². The minimum Gasteiger partial charge on any atom is -0.506 e. The first-order valence-electron chi connectivity index (χ1n) is 10.5. The number of para-hydroxylation sites is 1. The fourth-order valence-electron chi connectivity index (χ4n) is 3.49. The van der Waals surface area contributed by atoms with Crippen molar-refractivity contribution in [2.24, 2.45) is 0 Å². The lowest BCUT2D eigenvalue weighted by Gasteiger charge is -2.06. The number of unbranched alkanes of at least 4 members (excludes halogenated alkanes) is 10. The number of aryl methyl sites for hydroxylation is 1. The highest BCUT2D eigenvalue weighted by Gasteiger charge is 2.05. The molecule has 4 heteroatoms. The van der Waals surface area contributed by atoms with Gasteiger partial charge in [-0.3, -0.25) is 4.79 Å². The molecule has 1 aromatic heterocycles. The molecule has 1 heterocycles. The van der Waals surface area contributed by atoms with Crippen LogP contribution in [0.3, 0.4) is 0 Å². The highest BCUT2D eigenvalue weighted by Crippen LogP contribution is 2.23. The van der Waals surface area contributed by atoms with Crippen molar-refractivity contribution in [3.8, 4) is 5.75 Å². The van der Waals surface area contributed by atoms with Crippen LogP contribution in [-0.2, 0) is 11.2 Å². The van der Waals surface area contributed by atoms with Crippen LogP contribution in [0.15, 0.2) is 30.3 Å². The van der Waals surface area contributed by atoms with E-state index in [1.54, 1.807) is 0 Å². The lowest BCUT2D eigenvalue weighted by atomic mass is 10.0. The predicted octanol–water partition coefficient (Wildman–Crippen LogP) is 6.25. The maximum Gasteiger partial charge on any atom is 0.303 e. The minimum absolute atomic E-state index is 0.312. The first-order chi connectivity index (χ1) is 13.2. The second-order valence-electron chi connectivity index (χ2n) is 7.43. The Morgan fingerprint density at radius 1 is 0.815 bits per heavy atom. The zero-order valence-electron chi connectivity index (χ0n) is 16.3. The summed E-state index contributed by atoms with van der Waals surface area (Å²) in [6.07, 6.45) is 14.0. The number of aromatic hydroxyl groups is 1. The molecule has 0 bridgehead atoms. The Kier molecular flexibility index (Phi) is 9.67. The standard InChI is InChI=1S/C23H33NO3/c25-22-18-19-14-12-13-15-20(19)24-21(22)16-10-8-6-4-2-1-3-5-7-9-11-17-23(26)27/h12-15,18,25H,1-11,16-17H2,(H,26,27). The van der Waals surface area contributed by atoms with Gasteiger partial charge in [-0.05, 0) is 31.4 Å². The van der Waals surface area contributed by atoms with Gasteiger partial charge in [-0.1, -0.05) is 76.0 Å². The number of carbonyl (C=O) groups is 1. The molecule has 27 heavy (non-hydrogen) atoms. The Labute approximate surface area is 162 Å². The maximum atomic E-state index is 10.4. The number of fused-ring (bicyclic) bond motifs is 1. The summed E-state index contributed by atoms with van der Waals surface area (Å²) in [5.74, 6) is -0.362. The summed E-state index contributed by atoms with van der Waals surface area (Å²) in [5.41, 5.74) is 1.77. The van der Waals surface area contributed by atoms with Crippen LogP contribution in [0, 0.1) is 0 Å². The molecule has 0 aliphatic heterocycles. The lowest BCUT2D eigenvalue weighted by Crippen LogP contribution is -1.93. The van der Waals surface area contributed by atoms with Crippen LogP contribution in [0.25, 0.3) is 10.9 Å². The van der Waals surface area contributed by atoms with Crippen molar-refractivity contribution in [1.29, 1.82) is 0 Å². The van der Waals surface area contributed by atoms with Gasteiger partial charge < -0.3 is 10.2 Å². The molecule has 2 rings (SSSR count). The molecule has 2 N–H and O–H groups in total. The zero-order valence-corrected chi connectivity index (χ0v) is 16.3. The molecule has 2 aromatic rings. The second-order valence-corrected chi connectivity index (χ2v) is 7.43. The molecule has 0 atom stereocenters. The Morgan fingerprint density at radius 3 is 2.00 bits per heavy atom. The first kappa shape index (κ1) is 21.2. The van der Waals surface area contributed by atoms with Gasteiger partial charge in [0.05, 0.1) is 11.2 Å². The SMILES string of the molecule is O=C(O)CCCCCCCCCCCCCc1nc2ccccc2cc1O. The van der Waals surface area contributed by atoms with Gasteiger partial charge in [0.25, 0.3) is 0 Å². The van der Waals surface area contributed by atoms with E-state index in [1.165, 1.54) is 44.9 Å². The van der Waals surface area contributed by atoms with E-state index in [0.29, 0.717) is 12.2 Å². The third-order valence-electron chi connectivity index (χ3n) is 5.08. The summed E-state index contributed by atoms with van der Waals surface area (Å²) < 4.78 is 0. The summed E-state index contributed by atoms with van der Waals surface area (Å²) in [6.45, 7) is 0. The van der Waals surface area contributed by atoms with E-state index >= 15 is 0 Å². The molecule has 4 nitrogen and oxygen atoms in total. The van der Waals surface area contributed by atoms with Crippen molar-refractivity contribution in [2.45, 2.75) is 83.5 Å². The molecular weight excluding hydrogens is 338 g/mol. The van der Waals surface area contributed by atoms with Gasteiger partial charge in [-0.15, -0.1) is 0 Å². The smallest absolute Gasteiger partial charge is 0.303 e. The van der Waals surface area contributed by atoms with E-state index in [1.807, 2.05) is 30.3 Å². The normalized spacial score (nSPS) is 11.1. The van der Waals surface area contributed by atoms with Crippen LogP contribution in [0.1, 0.15) is 82.7 Å². The summed E-state index contributed by atoms with van der Waals surface area (Å²) >= 11 is 0. The number of benzene rings is 1. The lowest BCUT2D eigenvalue weighted by molar-refractivity contribution is -0.137. The molecule has 0 spiro atoms. The molecule has 0 saturated heterocycles. The van der Waals surface area contributed by atoms with Crippen LogP contribution in [0.5, 0.6) is 5.75 Å². The van der Waals surface area contributed by atoms with Gasteiger partial charge in [0.1, 0.15) is 5.75 Å². The van der Waals surface area contributed by atoms with E-state index in [0.717, 1.165) is 48.7 Å². The summed E-state index contributed by atoms with van der Waals surface area (Å²) in [7, 11) is 0. The number of hydrogen-bond donors (Lipinski definition) is 2. The van der Waals surface area contributed by atoms with Gasteiger partial charge in [0, 0.05) is 11.8 Å². The predicted molar refractivity (Wildman–Crippen MR) is 110 cm³/mol. The zero-order chi connectivity index (χ0) is 19.3. The van der Waals surface area contributed by atoms with Crippen LogP contribution in [-0.4, -0.2) is 21.2 Å². The number of hydrogen-bond acceptors (Lipinski definition) is 3. The number of rotatable bonds is 14. The van der Waals surface area contributed by atoms with Gasteiger partial charge in [-0.2, -0.15) is 0 Å². The maximum absolute atomic E-state index is 10.4. The number of aromatic nitrogens is 1. The molecule has 1 aromatic carbocycles. The Balaban J connectivity index is 1.47. The van der Waals surface area contributed by atoms with Crippen LogP contribution in [0.2, 0.25) is 0 Å². The van der Waals surface area contributed by atoms with E-state index in [-0.39, 0.29) is 0 Å². The van der Waals surface area contributed by atoms with Crippen molar-refractivity contribution >= 4 is 16.9 Å². The van der Waals surface area contributed by atoms with Crippen LogP contribution in [0.4, 0.5) is 0 Å². The van der Waals surface area contributed by atoms with E-state index in [4.69, 9.17) is 5.11 Å². The topological polar surface area (TPSA) is 70.4 Å². The summed E-state index contributed by atoms with van der Waals surface area (Å²) in [4.78, 5) is 15.0. The fraction of sp³-hybridized carbons (Fsp3) is 0.565. The number of aliphatic carboxylic acids is 1. The Morgan fingerprint density at radius 2 is 1.37 bits per heavy atom. The van der Waals surface area contributed by atoms with Gasteiger partial charge in [0.15, 0.2) is 0 Å². The van der Waals surface area contributed by atoms with Gasteiger partial charge >= 0.3 is 5.97 Å². The quantitative estimate of drug-likeness (QED) is 0.385. The van der Waals surface area contributed by atoms with Gasteiger partial charge in [0.2, 0.25) is 0 Å². The molecule has 148 valence electrons. The number of pyridine rings is 1. The summed E-state index contributed by atoms with van der Waals surface area (Å²) in [6, 6.07) is 9.72. The molecule has 0 saturated carbocycles. The van der Waals surface area contributed by atoms with Crippen LogP contribution < -0.4 is 0 Å². The largest absolute Gasteiger partial charge is 0.506 e.